The average Bonchev–Trinajstić information content (AvgIpc) is 3.11. The summed E-state index contributed by atoms with van der Waals surface area (Å²) in [6.45, 7) is 0.435. The molecule has 0 atom stereocenters. The predicted molar refractivity (Wildman–Crippen MR) is 114 cm³/mol. The molecule has 150 valence electrons. The molecule has 1 aromatic heterocycles. The number of hydrogen-bond acceptors (Lipinski definition) is 5. The van der Waals surface area contributed by atoms with Crippen molar-refractivity contribution in [1.82, 2.24) is 19.7 Å². The van der Waals surface area contributed by atoms with Crippen LogP contribution in [0.2, 0.25) is 5.02 Å². The zero-order valence-electron chi connectivity index (χ0n) is 16.0. The molecule has 0 aliphatic carbocycles. The van der Waals surface area contributed by atoms with E-state index in [-0.39, 0.29) is 17.6 Å². The number of aryl methyl sites for hydroxylation is 1. The third kappa shape index (κ3) is 5.82. The minimum atomic E-state index is -0.185. The van der Waals surface area contributed by atoms with Gasteiger partial charge in [0.15, 0.2) is 5.16 Å². The lowest BCUT2D eigenvalue weighted by Crippen LogP contribution is -2.26. The van der Waals surface area contributed by atoms with Gasteiger partial charge in [-0.15, -0.1) is 10.2 Å². The van der Waals surface area contributed by atoms with Crippen molar-refractivity contribution in [3.63, 3.8) is 0 Å². The van der Waals surface area contributed by atoms with Crippen molar-refractivity contribution < 1.29 is 9.59 Å². The first-order valence-electron chi connectivity index (χ1n) is 8.79. The van der Waals surface area contributed by atoms with E-state index in [0.29, 0.717) is 28.0 Å². The van der Waals surface area contributed by atoms with Gasteiger partial charge < -0.3 is 14.8 Å². The van der Waals surface area contributed by atoms with Gasteiger partial charge in [0.25, 0.3) is 5.91 Å². The Hall–Kier alpha value is -2.84. The van der Waals surface area contributed by atoms with Gasteiger partial charge in [-0.1, -0.05) is 41.6 Å². The molecule has 29 heavy (non-hydrogen) atoms. The second-order valence-electron chi connectivity index (χ2n) is 6.43. The fraction of sp³-hybridized carbons (Fsp3) is 0.200. The molecule has 0 unspecified atom stereocenters. The molecule has 3 rings (SSSR count). The minimum absolute atomic E-state index is 0.144. The number of nitrogens with zero attached hydrogens (tertiary/aromatic N) is 4. The summed E-state index contributed by atoms with van der Waals surface area (Å²) in [7, 11) is 3.54. The number of aromatic nitrogens is 3. The van der Waals surface area contributed by atoms with Gasteiger partial charge in [-0.3, -0.25) is 9.59 Å². The first kappa shape index (κ1) is 20.9. The van der Waals surface area contributed by atoms with Crippen LogP contribution in [-0.2, 0) is 18.4 Å². The van der Waals surface area contributed by atoms with Gasteiger partial charge in [0.05, 0.1) is 5.75 Å². The second-order valence-corrected chi connectivity index (χ2v) is 7.81. The molecule has 7 nitrogen and oxygen atoms in total. The van der Waals surface area contributed by atoms with Crippen molar-refractivity contribution in [2.75, 3.05) is 18.1 Å². The number of amides is 2. The van der Waals surface area contributed by atoms with E-state index in [4.69, 9.17) is 11.6 Å². The molecule has 0 aliphatic heterocycles. The van der Waals surface area contributed by atoms with Gasteiger partial charge in [-0.2, -0.15) is 0 Å². The molecule has 2 amide bonds. The van der Waals surface area contributed by atoms with Crippen molar-refractivity contribution in [2.24, 2.45) is 7.05 Å². The highest BCUT2D eigenvalue weighted by atomic mass is 35.5. The Balaban J connectivity index is 1.59. The molecular formula is C20H20ClN5O2S. The van der Waals surface area contributed by atoms with Crippen molar-refractivity contribution in [1.29, 1.82) is 0 Å². The van der Waals surface area contributed by atoms with Crippen molar-refractivity contribution in [2.45, 2.75) is 11.7 Å². The molecule has 0 spiro atoms. The third-order valence-corrected chi connectivity index (χ3v) is 5.32. The largest absolute Gasteiger partial charge is 0.337 e. The first-order chi connectivity index (χ1) is 13.9. The lowest BCUT2D eigenvalue weighted by molar-refractivity contribution is -0.113. The van der Waals surface area contributed by atoms with E-state index < -0.39 is 0 Å². The van der Waals surface area contributed by atoms with E-state index in [9.17, 15) is 9.59 Å². The Morgan fingerprint density at radius 1 is 1.21 bits per heavy atom. The van der Waals surface area contributed by atoms with Crippen LogP contribution in [0.15, 0.2) is 60.0 Å². The van der Waals surface area contributed by atoms with Crippen LogP contribution in [0, 0.1) is 0 Å². The van der Waals surface area contributed by atoms with Crippen LogP contribution in [0.5, 0.6) is 0 Å². The number of thioether (sulfide) groups is 1. The number of anilines is 1. The zero-order chi connectivity index (χ0) is 20.8. The molecule has 0 fully saturated rings. The van der Waals surface area contributed by atoms with E-state index in [2.05, 4.69) is 15.5 Å². The fourth-order valence-corrected chi connectivity index (χ4v) is 3.56. The summed E-state index contributed by atoms with van der Waals surface area (Å²) in [5.41, 5.74) is 2.00. The van der Waals surface area contributed by atoms with Crippen LogP contribution < -0.4 is 5.32 Å². The second kappa shape index (κ2) is 9.58. The molecule has 1 heterocycles. The number of carbonyl (C=O) groups excluding carboxylic acids is 2. The number of halogens is 1. The maximum Gasteiger partial charge on any atom is 0.253 e. The smallest absolute Gasteiger partial charge is 0.253 e. The Bertz CT molecular complexity index is 1020. The van der Waals surface area contributed by atoms with Gasteiger partial charge in [0.1, 0.15) is 6.33 Å². The van der Waals surface area contributed by atoms with Crippen LogP contribution >= 0.6 is 23.4 Å². The summed E-state index contributed by atoms with van der Waals surface area (Å²) in [5, 5.41) is 11.8. The predicted octanol–water partition coefficient (Wildman–Crippen LogP) is 3.47. The molecule has 3 aromatic rings. The van der Waals surface area contributed by atoms with Gasteiger partial charge in [-0.05, 0) is 35.9 Å². The molecular weight excluding hydrogens is 410 g/mol. The first-order valence-corrected chi connectivity index (χ1v) is 10.2. The average molecular weight is 430 g/mol. The molecule has 0 saturated heterocycles. The molecule has 0 saturated carbocycles. The highest BCUT2D eigenvalue weighted by Gasteiger charge is 2.14. The number of nitrogens with one attached hydrogen (secondary N) is 1. The fourth-order valence-electron chi connectivity index (χ4n) is 2.66. The third-order valence-electron chi connectivity index (χ3n) is 4.05. The molecule has 0 bridgehead atoms. The van der Waals surface area contributed by atoms with E-state index in [1.807, 2.05) is 25.2 Å². The molecule has 2 aromatic carbocycles. The van der Waals surface area contributed by atoms with Crippen LogP contribution in [-0.4, -0.2) is 44.3 Å². The molecule has 0 radical (unpaired) electrons. The van der Waals surface area contributed by atoms with Gasteiger partial charge in [-0.25, -0.2) is 0 Å². The zero-order valence-corrected chi connectivity index (χ0v) is 17.6. The van der Waals surface area contributed by atoms with Crippen LogP contribution in [0.1, 0.15) is 15.9 Å². The standard InChI is InChI=1S/C20H20ClN5O2S/c1-25(11-14-5-3-7-16(21)9-14)19(28)15-6-4-8-17(10-15)23-18(27)12-29-20-24-22-13-26(20)2/h3-10,13H,11-12H2,1-2H3,(H,23,27). The number of hydrogen-bond donors (Lipinski definition) is 1. The normalized spacial score (nSPS) is 10.6. The van der Waals surface area contributed by atoms with Gasteiger partial charge in [0, 0.05) is 36.9 Å². The van der Waals surface area contributed by atoms with Crippen LogP contribution in [0.25, 0.3) is 0 Å². The van der Waals surface area contributed by atoms with E-state index in [0.717, 1.165) is 5.56 Å². The quantitative estimate of drug-likeness (QED) is 0.581. The Morgan fingerprint density at radius 3 is 2.72 bits per heavy atom. The number of rotatable bonds is 7. The lowest BCUT2D eigenvalue weighted by atomic mass is 10.1. The SMILES string of the molecule is CN(Cc1cccc(Cl)c1)C(=O)c1cccc(NC(=O)CSc2nncn2C)c1. The minimum Gasteiger partial charge on any atom is -0.337 e. The molecule has 9 heteroatoms. The van der Waals surface area contributed by atoms with E-state index in [1.165, 1.54) is 11.8 Å². The monoisotopic (exact) mass is 429 g/mol. The molecule has 1 N–H and O–H groups in total. The maximum absolute atomic E-state index is 12.7. The Kier molecular flexibility index (Phi) is 6.90. The van der Waals surface area contributed by atoms with Crippen LogP contribution in [0.3, 0.4) is 0 Å². The Labute approximate surface area is 178 Å². The summed E-state index contributed by atoms with van der Waals surface area (Å²) in [6.07, 6.45) is 1.58. The highest BCUT2D eigenvalue weighted by molar-refractivity contribution is 7.99. The number of carbonyl (C=O) groups is 2. The topological polar surface area (TPSA) is 80.1 Å². The molecule has 0 aliphatic rings. The van der Waals surface area contributed by atoms with Crippen molar-refractivity contribution in [3.8, 4) is 0 Å². The summed E-state index contributed by atoms with van der Waals surface area (Å²) in [5.74, 6) is -0.135. The lowest BCUT2D eigenvalue weighted by Gasteiger charge is -2.18. The summed E-state index contributed by atoms with van der Waals surface area (Å²) in [4.78, 5) is 26.6. The summed E-state index contributed by atoms with van der Waals surface area (Å²) < 4.78 is 1.74. The summed E-state index contributed by atoms with van der Waals surface area (Å²) >= 11 is 7.30. The Morgan fingerprint density at radius 2 is 2.00 bits per heavy atom. The number of benzene rings is 2. The maximum atomic E-state index is 12.7. The van der Waals surface area contributed by atoms with E-state index in [1.54, 1.807) is 53.2 Å². The van der Waals surface area contributed by atoms with E-state index >= 15 is 0 Å². The van der Waals surface area contributed by atoms with Crippen molar-refractivity contribution in [3.05, 3.63) is 71.0 Å². The van der Waals surface area contributed by atoms with Crippen LogP contribution in [0.4, 0.5) is 5.69 Å². The van der Waals surface area contributed by atoms with Gasteiger partial charge in [0.2, 0.25) is 5.91 Å². The summed E-state index contributed by atoms with van der Waals surface area (Å²) in [6, 6.07) is 14.3. The van der Waals surface area contributed by atoms with Crippen molar-refractivity contribution >= 4 is 40.9 Å². The van der Waals surface area contributed by atoms with Gasteiger partial charge >= 0.3 is 0 Å². The highest BCUT2D eigenvalue weighted by Crippen LogP contribution is 2.17.